The number of hydrogen-bond acceptors (Lipinski definition) is 6. The summed E-state index contributed by atoms with van der Waals surface area (Å²) in [6, 6.07) is 15.9. The lowest BCUT2D eigenvalue weighted by Crippen LogP contribution is -2.11. The first-order chi connectivity index (χ1) is 14.2. The molecule has 4 aromatic rings. The number of hydrogen-bond donors (Lipinski definition) is 2. The number of rotatable bonds is 7. The third kappa shape index (κ3) is 4.90. The van der Waals surface area contributed by atoms with Gasteiger partial charge < -0.3 is 0 Å². The van der Waals surface area contributed by atoms with Gasteiger partial charge in [0.25, 0.3) is 5.91 Å². The van der Waals surface area contributed by atoms with Gasteiger partial charge in [0.05, 0.1) is 5.69 Å². The van der Waals surface area contributed by atoms with Gasteiger partial charge in [-0.25, -0.2) is 9.97 Å². The number of aromatic amines is 1. The van der Waals surface area contributed by atoms with E-state index < -0.39 is 0 Å². The van der Waals surface area contributed by atoms with E-state index in [1.807, 2.05) is 29.6 Å². The van der Waals surface area contributed by atoms with Crippen LogP contribution in [-0.2, 0) is 12.2 Å². The third-order valence-electron chi connectivity index (χ3n) is 4.37. The van der Waals surface area contributed by atoms with Gasteiger partial charge in [-0.1, -0.05) is 55.1 Å². The Bertz CT molecular complexity index is 1070. The molecule has 0 unspecified atom stereocenters. The summed E-state index contributed by atoms with van der Waals surface area (Å²) in [6.07, 6.45) is 2.50. The number of benzene rings is 2. The standard InChI is InChI=1S/C21H19N5OS2/c1-2-14-3-7-16(8-4-14)18-12-29-21(24-18)25-19(27)17-9-5-15(6-10-17)11-28-20-22-13-23-26-20/h3-10,12-13H,2,11H2,1H3,(H,22,23,26)(H,24,25,27). The molecule has 2 aromatic carbocycles. The van der Waals surface area contributed by atoms with Gasteiger partial charge in [0.15, 0.2) is 10.3 Å². The highest BCUT2D eigenvalue weighted by atomic mass is 32.2. The third-order valence-corrected chi connectivity index (χ3v) is 6.07. The molecule has 1 amide bonds. The first-order valence-electron chi connectivity index (χ1n) is 9.14. The van der Waals surface area contributed by atoms with Crippen LogP contribution in [0.3, 0.4) is 0 Å². The highest BCUT2D eigenvalue weighted by molar-refractivity contribution is 7.98. The summed E-state index contributed by atoms with van der Waals surface area (Å²) in [4.78, 5) is 21.2. The van der Waals surface area contributed by atoms with Crippen molar-refractivity contribution >= 4 is 34.1 Å². The van der Waals surface area contributed by atoms with E-state index in [2.05, 4.69) is 56.7 Å². The van der Waals surface area contributed by atoms with Gasteiger partial charge in [-0.3, -0.25) is 15.2 Å². The highest BCUT2D eigenvalue weighted by Gasteiger charge is 2.10. The van der Waals surface area contributed by atoms with Crippen molar-refractivity contribution in [2.24, 2.45) is 0 Å². The van der Waals surface area contributed by atoms with Gasteiger partial charge in [0.2, 0.25) is 0 Å². The number of nitrogens with one attached hydrogen (secondary N) is 2. The minimum Gasteiger partial charge on any atom is -0.298 e. The molecule has 2 aromatic heterocycles. The molecule has 0 saturated carbocycles. The number of thiazole rings is 1. The van der Waals surface area contributed by atoms with Gasteiger partial charge in [-0.2, -0.15) is 5.10 Å². The summed E-state index contributed by atoms with van der Waals surface area (Å²) in [5, 5.41) is 12.9. The molecule has 6 nitrogen and oxygen atoms in total. The molecule has 4 rings (SSSR count). The SMILES string of the molecule is CCc1ccc(-c2csc(NC(=O)c3ccc(CSc4ncn[nH]4)cc3)n2)cc1. The van der Waals surface area contributed by atoms with Crippen molar-refractivity contribution in [3.63, 3.8) is 0 Å². The summed E-state index contributed by atoms with van der Waals surface area (Å²) >= 11 is 2.99. The number of anilines is 1. The summed E-state index contributed by atoms with van der Waals surface area (Å²) in [6.45, 7) is 2.13. The minimum absolute atomic E-state index is 0.165. The van der Waals surface area contributed by atoms with E-state index in [1.54, 1.807) is 11.8 Å². The zero-order chi connectivity index (χ0) is 20.1. The van der Waals surface area contributed by atoms with Crippen molar-refractivity contribution in [2.75, 3.05) is 5.32 Å². The van der Waals surface area contributed by atoms with Gasteiger partial charge >= 0.3 is 0 Å². The zero-order valence-electron chi connectivity index (χ0n) is 15.8. The van der Waals surface area contributed by atoms with Crippen LogP contribution in [0.15, 0.2) is 65.4 Å². The van der Waals surface area contributed by atoms with Crippen LogP contribution in [0.25, 0.3) is 11.3 Å². The van der Waals surface area contributed by atoms with E-state index in [0.717, 1.165) is 34.2 Å². The number of carbonyl (C=O) groups is 1. The van der Waals surface area contributed by atoms with E-state index >= 15 is 0 Å². The summed E-state index contributed by atoms with van der Waals surface area (Å²) in [5.41, 5.74) is 4.91. The smallest absolute Gasteiger partial charge is 0.257 e. The van der Waals surface area contributed by atoms with Crippen molar-refractivity contribution in [2.45, 2.75) is 24.3 Å². The van der Waals surface area contributed by atoms with E-state index in [1.165, 1.54) is 23.2 Å². The molecular formula is C21H19N5OS2. The topological polar surface area (TPSA) is 83.6 Å². The fraction of sp³-hybridized carbons (Fsp3) is 0.143. The first-order valence-corrected chi connectivity index (χ1v) is 11.0. The molecule has 0 radical (unpaired) electrons. The molecule has 8 heteroatoms. The van der Waals surface area contributed by atoms with E-state index in [9.17, 15) is 4.79 Å². The van der Waals surface area contributed by atoms with Gasteiger partial charge in [0, 0.05) is 22.3 Å². The predicted octanol–water partition coefficient (Wildman–Crippen LogP) is 5.04. The second kappa shape index (κ2) is 9.02. The Morgan fingerprint density at radius 1 is 1.10 bits per heavy atom. The zero-order valence-corrected chi connectivity index (χ0v) is 17.4. The van der Waals surface area contributed by atoms with Gasteiger partial charge in [-0.15, -0.1) is 11.3 Å². The normalized spacial score (nSPS) is 10.8. The molecule has 0 spiro atoms. The Morgan fingerprint density at radius 2 is 1.86 bits per heavy atom. The minimum atomic E-state index is -0.165. The average Bonchev–Trinajstić information content (AvgIpc) is 3.45. The maximum absolute atomic E-state index is 12.5. The second-order valence-electron chi connectivity index (χ2n) is 6.32. The molecule has 29 heavy (non-hydrogen) atoms. The van der Waals surface area contributed by atoms with Crippen LogP contribution < -0.4 is 5.32 Å². The maximum atomic E-state index is 12.5. The van der Waals surface area contributed by atoms with Crippen LogP contribution in [-0.4, -0.2) is 26.1 Å². The number of thioether (sulfide) groups is 1. The Labute approximate surface area is 176 Å². The molecule has 0 saturated heterocycles. The second-order valence-corrected chi connectivity index (χ2v) is 8.14. The van der Waals surface area contributed by atoms with E-state index in [4.69, 9.17) is 0 Å². The average molecular weight is 422 g/mol. The lowest BCUT2D eigenvalue weighted by Gasteiger charge is -2.04. The molecule has 0 fully saturated rings. The quantitative estimate of drug-likeness (QED) is 0.409. The predicted molar refractivity (Wildman–Crippen MR) is 117 cm³/mol. The largest absolute Gasteiger partial charge is 0.298 e. The van der Waals surface area contributed by atoms with Crippen molar-refractivity contribution in [1.29, 1.82) is 0 Å². The van der Waals surface area contributed by atoms with Gasteiger partial charge in [0.1, 0.15) is 6.33 Å². The molecule has 2 N–H and O–H groups in total. The van der Waals surface area contributed by atoms with Crippen molar-refractivity contribution in [1.82, 2.24) is 20.2 Å². The molecule has 146 valence electrons. The molecular weight excluding hydrogens is 402 g/mol. The number of amides is 1. The van der Waals surface area contributed by atoms with Crippen LogP contribution in [0.1, 0.15) is 28.4 Å². The summed E-state index contributed by atoms with van der Waals surface area (Å²) in [7, 11) is 0. The number of carbonyl (C=O) groups excluding carboxylic acids is 1. The number of aromatic nitrogens is 4. The molecule has 2 heterocycles. The molecule has 0 bridgehead atoms. The van der Waals surface area contributed by atoms with E-state index in [0.29, 0.717) is 10.7 Å². The summed E-state index contributed by atoms with van der Waals surface area (Å²) in [5.74, 6) is 0.589. The Kier molecular flexibility index (Phi) is 6.02. The number of nitrogens with zero attached hydrogens (tertiary/aromatic N) is 3. The Hall–Kier alpha value is -2.97. The maximum Gasteiger partial charge on any atom is 0.257 e. The fourth-order valence-electron chi connectivity index (χ4n) is 2.71. The van der Waals surface area contributed by atoms with Crippen LogP contribution in [0.2, 0.25) is 0 Å². The molecule has 0 atom stereocenters. The number of aryl methyl sites for hydroxylation is 1. The van der Waals surface area contributed by atoms with Crippen LogP contribution >= 0.6 is 23.1 Å². The van der Waals surface area contributed by atoms with Crippen molar-refractivity contribution < 1.29 is 4.79 Å². The Morgan fingerprint density at radius 3 is 2.55 bits per heavy atom. The molecule has 0 aliphatic rings. The van der Waals surface area contributed by atoms with Gasteiger partial charge in [-0.05, 0) is 29.7 Å². The lowest BCUT2D eigenvalue weighted by molar-refractivity contribution is 0.102. The Balaban J connectivity index is 1.37. The van der Waals surface area contributed by atoms with Crippen LogP contribution in [0.5, 0.6) is 0 Å². The van der Waals surface area contributed by atoms with Crippen molar-refractivity contribution in [3.8, 4) is 11.3 Å². The highest BCUT2D eigenvalue weighted by Crippen LogP contribution is 2.26. The lowest BCUT2D eigenvalue weighted by atomic mass is 10.1. The molecule has 0 aliphatic heterocycles. The monoisotopic (exact) mass is 421 g/mol. The summed E-state index contributed by atoms with van der Waals surface area (Å²) < 4.78 is 0. The fourth-order valence-corrected chi connectivity index (χ4v) is 4.16. The van der Waals surface area contributed by atoms with E-state index in [-0.39, 0.29) is 5.91 Å². The van der Waals surface area contributed by atoms with Crippen LogP contribution in [0.4, 0.5) is 5.13 Å². The van der Waals surface area contributed by atoms with Crippen molar-refractivity contribution in [3.05, 3.63) is 76.9 Å². The van der Waals surface area contributed by atoms with Crippen LogP contribution in [0, 0.1) is 0 Å². The first kappa shape index (κ1) is 19.4. The molecule has 0 aliphatic carbocycles. The number of H-pyrrole nitrogens is 1.